The Bertz CT molecular complexity index is 468. The van der Waals surface area contributed by atoms with Crippen LogP contribution in [0.15, 0.2) is 24.4 Å². The Hall–Kier alpha value is -1.84. The second kappa shape index (κ2) is 2.58. The molecule has 1 aromatic carbocycles. The second-order valence-corrected chi connectivity index (χ2v) is 2.79. The zero-order chi connectivity index (χ0) is 9.42. The zero-order valence-corrected chi connectivity index (χ0v) is 6.79. The van der Waals surface area contributed by atoms with Gasteiger partial charge in [0.2, 0.25) is 0 Å². The molecule has 0 atom stereocenters. The number of nitrogens with two attached hydrogens (primary N) is 2. The number of aromatic nitrogens is 1. The smallest absolute Gasteiger partial charge is 0.131 e. The van der Waals surface area contributed by atoms with E-state index >= 15 is 0 Å². The first-order valence-corrected chi connectivity index (χ1v) is 3.77. The molecule has 3 nitrogen and oxygen atoms in total. The van der Waals surface area contributed by atoms with Crippen LogP contribution in [-0.4, -0.2) is 4.98 Å². The van der Waals surface area contributed by atoms with E-state index in [1.165, 1.54) is 18.3 Å². The van der Waals surface area contributed by atoms with Crippen molar-refractivity contribution in [2.75, 3.05) is 11.5 Å². The van der Waals surface area contributed by atoms with Crippen LogP contribution in [-0.2, 0) is 0 Å². The molecule has 0 saturated carbocycles. The van der Waals surface area contributed by atoms with Crippen molar-refractivity contribution in [1.29, 1.82) is 0 Å². The minimum atomic E-state index is -0.341. The van der Waals surface area contributed by atoms with Gasteiger partial charge < -0.3 is 11.5 Å². The topological polar surface area (TPSA) is 64.9 Å². The molecule has 0 bridgehead atoms. The van der Waals surface area contributed by atoms with Gasteiger partial charge >= 0.3 is 0 Å². The average Bonchev–Trinajstić information content (AvgIpc) is 2.12. The summed E-state index contributed by atoms with van der Waals surface area (Å²) in [6.07, 6.45) is 1.47. The van der Waals surface area contributed by atoms with Gasteiger partial charge in [0.1, 0.15) is 11.6 Å². The van der Waals surface area contributed by atoms with Crippen LogP contribution in [0.4, 0.5) is 15.9 Å². The largest absolute Gasteiger partial charge is 0.397 e. The molecule has 66 valence electrons. The minimum absolute atomic E-state index is 0.295. The number of anilines is 2. The lowest BCUT2D eigenvalue weighted by molar-refractivity contribution is 0.630. The van der Waals surface area contributed by atoms with Crippen LogP contribution in [0.2, 0.25) is 0 Å². The van der Waals surface area contributed by atoms with Crippen LogP contribution in [0.1, 0.15) is 0 Å². The maximum atomic E-state index is 12.8. The van der Waals surface area contributed by atoms with E-state index < -0.39 is 0 Å². The fourth-order valence-electron chi connectivity index (χ4n) is 1.26. The molecule has 13 heavy (non-hydrogen) atoms. The number of nitrogens with zero attached hydrogens (tertiary/aromatic N) is 1. The van der Waals surface area contributed by atoms with Crippen LogP contribution >= 0.6 is 0 Å². The van der Waals surface area contributed by atoms with E-state index in [0.29, 0.717) is 16.9 Å². The molecule has 4 N–H and O–H groups in total. The second-order valence-electron chi connectivity index (χ2n) is 2.79. The Kier molecular flexibility index (Phi) is 1.55. The van der Waals surface area contributed by atoms with Crippen molar-refractivity contribution < 1.29 is 4.39 Å². The van der Waals surface area contributed by atoms with E-state index in [1.807, 2.05) is 0 Å². The summed E-state index contributed by atoms with van der Waals surface area (Å²) in [5.74, 6) is -0.0460. The van der Waals surface area contributed by atoms with Gasteiger partial charge in [-0.25, -0.2) is 9.37 Å². The molecular formula is C9H8FN3. The normalized spacial score (nSPS) is 10.5. The van der Waals surface area contributed by atoms with E-state index in [0.717, 1.165) is 5.39 Å². The van der Waals surface area contributed by atoms with Crippen LogP contribution in [0.3, 0.4) is 0 Å². The van der Waals surface area contributed by atoms with Crippen molar-refractivity contribution in [1.82, 2.24) is 4.98 Å². The van der Waals surface area contributed by atoms with Gasteiger partial charge in [0.25, 0.3) is 0 Å². The molecule has 2 rings (SSSR count). The highest BCUT2D eigenvalue weighted by Gasteiger charge is 2.03. The number of pyridine rings is 1. The van der Waals surface area contributed by atoms with Crippen molar-refractivity contribution in [2.24, 2.45) is 0 Å². The zero-order valence-electron chi connectivity index (χ0n) is 6.79. The Morgan fingerprint density at radius 3 is 2.69 bits per heavy atom. The van der Waals surface area contributed by atoms with Gasteiger partial charge in [0, 0.05) is 10.8 Å². The number of hydrogen-bond acceptors (Lipinski definition) is 3. The number of benzene rings is 1. The lowest BCUT2D eigenvalue weighted by Gasteiger charge is -2.03. The summed E-state index contributed by atoms with van der Waals surface area (Å²) in [5, 5.41) is 1.29. The molecule has 0 saturated heterocycles. The summed E-state index contributed by atoms with van der Waals surface area (Å²) in [5.41, 5.74) is 11.7. The Balaban J connectivity index is 2.92. The van der Waals surface area contributed by atoms with Gasteiger partial charge in [-0.1, -0.05) is 0 Å². The predicted octanol–water partition coefficient (Wildman–Crippen LogP) is 1.54. The van der Waals surface area contributed by atoms with Gasteiger partial charge in [-0.05, 0) is 18.2 Å². The highest BCUT2D eigenvalue weighted by molar-refractivity contribution is 5.98. The van der Waals surface area contributed by atoms with Crippen molar-refractivity contribution in [3.63, 3.8) is 0 Å². The third kappa shape index (κ3) is 1.16. The summed E-state index contributed by atoms with van der Waals surface area (Å²) in [6, 6.07) is 4.27. The summed E-state index contributed by atoms with van der Waals surface area (Å²) in [6.45, 7) is 0. The molecule has 0 spiro atoms. The highest BCUT2D eigenvalue weighted by Crippen LogP contribution is 2.24. The molecule has 0 aliphatic rings. The Morgan fingerprint density at radius 2 is 1.92 bits per heavy atom. The fourth-order valence-corrected chi connectivity index (χ4v) is 1.26. The first-order chi connectivity index (χ1) is 6.18. The van der Waals surface area contributed by atoms with Crippen LogP contribution < -0.4 is 11.5 Å². The summed E-state index contributed by atoms with van der Waals surface area (Å²) in [7, 11) is 0. The number of fused-ring (bicyclic) bond motifs is 1. The molecule has 1 heterocycles. The van der Waals surface area contributed by atoms with E-state index in [4.69, 9.17) is 11.5 Å². The fraction of sp³-hybridized carbons (Fsp3) is 0. The predicted molar refractivity (Wildman–Crippen MR) is 50.5 cm³/mol. The summed E-state index contributed by atoms with van der Waals surface area (Å²) >= 11 is 0. The number of hydrogen-bond donors (Lipinski definition) is 2. The van der Waals surface area contributed by atoms with E-state index in [9.17, 15) is 4.39 Å². The first kappa shape index (κ1) is 7.79. The number of rotatable bonds is 0. The van der Waals surface area contributed by atoms with E-state index in [1.54, 1.807) is 6.07 Å². The summed E-state index contributed by atoms with van der Waals surface area (Å²) < 4.78 is 12.8. The number of halogens is 1. The quantitative estimate of drug-likeness (QED) is 0.641. The summed E-state index contributed by atoms with van der Waals surface area (Å²) in [4.78, 5) is 3.83. The standard InChI is InChI=1S/C9H8FN3/c10-5-1-2-6-7(3-5)9(12)13-4-8(6)11/h1-4H,11H2,(H2,12,13). The molecule has 4 heteroatoms. The van der Waals surface area contributed by atoms with Crippen LogP contribution in [0, 0.1) is 5.82 Å². The van der Waals surface area contributed by atoms with Crippen molar-refractivity contribution in [2.45, 2.75) is 0 Å². The van der Waals surface area contributed by atoms with Gasteiger partial charge in [-0.15, -0.1) is 0 Å². The monoisotopic (exact) mass is 177 g/mol. The first-order valence-electron chi connectivity index (χ1n) is 3.77. The minimum Gasteiger partial charge on any atom is -0.397 e. The maximum absolute atomic E-state index is 12.8. The number of nitrogen functional groups attached to an aromatic ring is 2. The third-order valence-electron chi connectivity index (χ3n) is 1.91. The van der Waals surface area contributed by atoms with E-state index in [2.05, 4.69) is 4.98 Å². The van der Waals surface area contributed by atoms with Gasteiger partial charge in [-0.3, -0.25) is 0 Å². The van der Waals surface area contributed by atoms with Gasteiger partial charge in [-0.2, -0.15) is 0 Å². The highest BCUT2D eigenvalue weighted by atomic mass is 19.1. The molecule has 2 aromatic rings. The third-order valence-corrected chi connectivity index (χ3v) is 1.91. The molecular weight excluding hydrogens is 169 g/mol. The van der Waals surface area contributed by atoms with Crippen molar-refractivity contribution >= 4 is 22.3 Å². The Labute approximate surface area is 74.2 Å². The lowest BCUT2D eigenvalue weighted by atomic mass is 10.1. The van der Waals surface area contributed by atoms with Crippen LogP contribution in [0.5, 0.6) is 0 Å². The molecule has 0 aliphatic carbocycles. The molecule has 0 unspecified atom stereocenters. The molecule has 0 radical (unpaired) electrons. The SMILES string of the molecule is Nc1cnc(N)c2cc(F)ccc12. The Morgan fingerprint density at radius 1 is 1.15 bits per heavy atom. The van der Waals surface area contributed by atoms with Gasteiger partial charge in [0.05, 0.1) is 11.9 Å². The molecule has 0 aliphatic heterocycles. The van der Waals surface area contributed by atoms with Crippen molar-refractivity contribution in [3.8, 4) is 0 Å². The van der Waals surface area contributed by atoms with Crippen LogP contribution in [0.25, 0.3) is 10.8 Å². The van der Waals surface area contributed by atoms with Gasteiger partial charge in [0.15, 0.2) is 0 Å². The average molecular weight is 177 g/mol. The lowest BCUT2D eigenvalue weighted by Crippen LogP contribution is -1.95. The van der Waals surface area contributed by atoms with E-state index in [-0.39, 0.29) is 5.82 Å². The molecule has 0 fully saturated rings. The molecule has 0 amide bonds. The van der Waals surface area contributed by atoms with Crippen molar-refractivity contribution in [3.05, 3.63) is 30.2 Å². The molecule has 1 aromatic heterocycles. The maximum Gasteiger partial charge on any atom is 0.131 e.